The smallest absolute Gasteiger partial charge is 0.341 e. The van der Waals surface area contributed by atoms with E-state index in [0.717, 1.165) is 58.2 Å². The van der Waals surface area contributed by atoms with E-state index >= 15 is 0 Å². The van der Waals surface area contributed by atoms with Gasteiger partial charge in [0.2, 0.25) is 0 Å². The largest absolute Gasteiger partial charge is 0.462 e. The van der Waals surface area contributed by atoms with Gasteiger partial charge in [0, 0.05) is 69.9 Å². The lowest BCUT2D eigenvalue weighted by molar-refractivity contribution is 0.0526. The van der Waals surface area contributed by atoms with Gasteiger partial charge in [0.25, 0.3) is 0 Å². The summed E-state index contributed by atoms with van der Waals surface area (Å²) >= 11 is 0. The number of aromatic nitrogens is 1. The van der Waals surface area contributed by atoms with Crippen LogP contribution in [0.15, 0.2) is 79.0 Å². The highest BCUT2D eigenvalue weighted by molar-refractivity contribution is 5.94. The van der Waals surface area contributed by atoms with Crippen LogP contribution in [0.2, 0.25) is 0 Å². The number of esters is 1. The Morgan fingerprint density at radius 2 is 1.31 bits per heavy atom. The Morgan fingerprint density at radius 1 is 0.771 bits per heavy atom. The zero-order chi connectivity index (χ0) is 24.3. The third-order valence-electron chi connectivity index (χ3n) is 6.22. The van der Waals surface area contributed by atoms with Gasteiger partial charge < -0.3 is 24.8 Å². The average Bonchev–Trinajstić information content (AvgIpc) is 2.95. The van der Waals surface area contributed by atoms with E-state index in [-0.39, 0.29) is 5.97 Å². The summed E-state index contributed by atoms with van der Waals surface area (Å²) in [6.45, 7) is 10.1. The molecule has 0 amide bonds. The molecule has 2 fully saturated rings. The monoisotopic (exact) mass is 473 g/mol. The van der Waals surface area contributed by atoms with Gasteiger partial charge in [-0.3, -0.25) is 0 Å². The van der Waals surface area contributed by atoms with Gasteiger partial charge in [-0.1, -0.05) is 36.4 Å². The van der Waals surface area contributed by atoms with Crippen LogP contribution in [0, 0.1) is 0 Å². The highest BCUT2D eigenvalue weighted by atomic mass is 16.5. The second-order valence-corrected chi connectivity index (χ2v) is 8.48. The van der Waals surface area contributed by atoms with Crippen molar-refractivity contribution in [2.75, 3.05) is 73.7 Å². The highest BCUT2D eigenvalue weighted by Gasteiger charge is 2.23. The molecule has 3 heterocycles. The Balaban J connectivity index is 0.000000201. The van der Waals surface area contributed by atoms with Gasteiger partial charge in [-0.05, 0) is 43.3 Å². The summed E-state index contributed by atoms with van der Waals surface area (Å²) in [5, 5.41) is 3.34. The molecule has 0 aliphatic carbocycles. The molecule has 1 aromatic heterocycles. The van der Waals surface area contributed by atoms with Crippen LogP contribution in [-0.4, -0.2) is 69.9 Å². The van der Waals surface area contributed by atoms with Crippen molar-refractivity contribution in [1.82, 2.24) is 10.3 Å². The first kappa shape index (κ1) is 24.5. The zero-order valence-electron chi connectivity index (χ0n) is 20.5. The van der Waals surface area contributed by atoms with E-state index in [1.54, 1.807) is 18.3 Å². The molecule has 5 rings (SSSR count). The maximum absolute atomic E-state index is 12.1. The second-order valence-electron chi connectivity index (χ2n) is 8.48. The molecular formula is C28H35N5O2. The Morgan fingerprint density at radius 3 is 1.89 bits per heavy atom. The van der Waals surface area contributed by atoms with E-state index in [2.05, 4.69) is 79.6 Å². The van der Waals surface area contributed by atoms with Crippen LogP contribution in [0.4, 0.5) is 17.2 Å². The number of anilines is 3. The predicted octanol–water partition coefficient (Wildman–Crippen LogP) is 3.68. The van der Waals surface area contributed by atoms with Gasteiger partial charge in [-0.25, -0.2) is 9.78 Å². The van der Waals surface area contributed by atoms with Crippen molar-refractivity contribution in [3.8, 4) is 0 Å². The number of nitrogens with zero attached hydrogens (tertiary/aromatic N) is 4. The van der Waals surface area contributed by atoms with Gasteiger partial charge in [0.15, 0.2) is 0 Å². The number of hydrogen-bond acceptors (Lipinski definition) is 7. The van der Waals surface area contributed by atoms with E-state index in [9.17, 15) is 4.79 Å². The van der Waals surface area contributed by atoms with Crippen molar-refractivity contribution in [3.63, 3.8) is 0 Å². The van der Waals surface area contributed by atoms with Crippen LogP contribution in [0.1, 0.15) is 17.3 Å². The van der Waals surface area contributed by atoms with Crippen LogP contribution >= 0.6 is 0 Å². The van der Waals surface area contributed by atoms with E-state index in [4.69, 9.17) is 4.74 Å². The number of benzene rings is 2. The summed E-state index contributed by atoms with van der Waals surface area (Å²) in [7, 11) is 0. The number of carbonyl (C=O) groups is 1. The molecule has 1 N–H and O–H groups in total. The van der Waals surface area contributed by atoms with Crippen LogP contribution in [-0.2, 0) is 4.74 Å². The van der Waals surface area contributed by atoms with Crippen molar-refractivity contribution < 1.29 is 9.53 Å². The zero-order valence-corrected chi connectivity index (χ0v) is 20.5. The SMILES string of the molecule is CCOC(=O)c1cccnc1N1CCN(c2ccccc2)CC1.c1ccc(N2CCNCC2)cc1. The summed E-state index contributed by atoms with van der Waals surface area (Å²) < 4.78 is 5.13. The van der Waals surface area contributed by atoms with E-state index in [1.807, 2.05) is 13.0 Å². The number of piperazine rings is 2. The number of carbonyl (C=O) groups excluding carboxylic acids is 1. The van der Waals surface area contributed by atoms with E-state index in [1.165, 1.54) is 11.4 Å². The molecule has 0 radical (unpaired) electrons. The molecule has 2 aliphatic heterocycles. The molecule has 0 atom stereocenters. The lowest BCUT2D eigenvalue weighted by atomic mass is 10.2. The fraction of sp³-hybridized carbons (Fsp3) is 0.357. The molecule has 2 aliphatic rings. The number of pyridine rings is 1. The number of rotatable bonds is 5. The quantitative estimate of drug-likeness (QED) is 0.567. The standard InChI is InChI=1S/C18H21N3O2.C10H14N2/c1-2-23-18(22)16-9-6-10-19-17(16)21-13-11-20(12-14-21)15-7-4-3-5-8-15;1-2-4-10(5-3-1)12-8-6-11-7-9-12/h3-10H,2,11-14H2,1H3;1-5,11H,6-9H2. The van der Waals surface area contributed by atoms with Crippen molar-refractivity contribution in [2.24, 2.45) is 0 Å². The molecule has 0 saturated carbocycles. The fourth-order valence-electron chi connectivity index (χ4n) is 4.39. The molecule has 3 aromatic rings. The summed E-state index contributed by atoms with van der Waals surface area (Å²) in [6.07, 6.45) is 1.72. The van der Waals surface area contributed by atoms with Gasteiger partial charge in [0.1, 0.15) is 11.4 Å². The molecule has 2 saturated heterocycles. The lowest BCUT2D eigenvalue weighted by Crippen LogP contribution is -2.47. The minimum Gasteiger partial charge on any atom is -0.462 e. The highest BCUT2D eigenvalue weighted by Crippen LogP contribution is 2.22. The number of para-hydroxylation sites is 2. The van der Waals surface area contributed by atoms with Crippen molar-refractivity contribution >= 4 is 23.2 Å². The third kappa shape index (κ3) is 6.73. The maximum Gasteiger partial charge on any atom is 0.341 e. The van der Waals surface area contributed by atoms with Gasteiger partial charge >= 0.3 is 5.97 Å². The second kappa shape index (κ2) is 12.8. The molecule has 0 spiro atoms. The van der Waals surface area contributed by atoms with Crippen LogP contribution in [0.5, 0.6) is 0 Å². The van der Waals surface area contributed by atoms with Crippen LogP contribution in [0.25, 0.3) is 0 Å². The predicted molar refractivity (Wildman–Crippen MR) is 143 cm³/mol. The first-order chi connectivity index (χ1) is 17.3. The first-order valence-corrected chi connectivity index (χ1v) is 12.4. The van der Waals surface area contributed by atoms with Gasteiger partial charge in [-0.2, -0.15) is 0 Å². The molecule has 35 heavy (non-hydrogen) atoms. The van der Waals surface area contributed by atoms with Crippen molar-refractivity contribution in [3.05, 3.63) is 84.6 Å². The fourth-order valence-corrected chi connectivity index (χ4v) is 4.39. The molecular weight excluding hydrogens is 438 g/mol. The molecule has 0 bridgehead atoms. The van der Waals surface area contributed by atoms with Crippen molar-refractivity contribution in [2.45, 2.75) is 6.92 Å². The van der Waals surface area contributed by atoms with Gasteiger partial charge in [0.05, 0.1) is 6.61 Å². The molecule has 184 valence electrons. The minimum atomic E-state index is -0.305. The molecule has 7 nitrogen and oxygen atoms in total. The topological polar surface area (TPSA) is 60.9 Å². The van der Waals surface area contributed by atoms with E-state index in [0.29, 0.717) is 12.2 Å². The number of nitrogens with one attached hydrogen (secondary N) is 1. The van der Waals surface area contributed by atoms with Crippen LogP contribution in [0.3, 0.4) is 0 Å². The molecule has 0 unspecified atom stereocenters. The summed E-state index contributed by atoms with van der Waals surface area (Å²) in [6, 6.07) is 24.5. The average molecular weight is 474 g/mol. The van der Waals surface area contributed by atoms with E-state index < -0.39 is 0 Å². The Hall–Kier alpha value is -3.58. The number of hydrogen-bond donors (Lipinski definition) is 1. The minimum absolute atomic E-state index is 0.305. The summed E-state index contributed by atoms with van der Waals surface area (Å²) in [5.74, 6) is 0.416. The maximum atomic E-state index is 12.1. The van der Waals surface area contributed by atoms with Crippen LogP contribution < -0.4 is 20.0 Å². The van der Waals surface area contributed by atoms with Gasteiger partial charge in [-0.15, -0.1) is 0 Å². The Bertz CT molecular complexity index is 1030. The first-order valence-electron chi connectivity index (χ1n) is 12.4. The van der Waals surface area contributed by atoms with Crippen molar-refractivity contribution in [1.29, 1.82) is 0 Å². The Labute approximate surface area is 208 Å². The Kier molecular flexibility index (Phi) is 8.95. The normalized spacial score (nSPS) is 15.7. The molecule has 7 heteroatoms. The lowest BCUT2D eigenvalue weighted by Gasteiger charge is -2.37. The molecule has 2 aromatic carbocycles. The summed E-state index contributed by atoms with van der Waals surface area (Å²) in [5.41, 5.74) is 3.13. The summed E-state index contributed by atoms with van der Waals surface area (Å²) in [4.78, 5) is 23.4. The number of ether oxygens (including phenoxy) is 1. The third-order valence-corrected chi connectivity index (χ3v) is 6.22.